The molecular weight excluding hydrogens is 380 g/mol. The quantitative estimate of drug-likeness (QED) is 0.448. The first-order chi connectivity index (χ1) is 14.1. The fourth-order valence-electron chi connectivity index (χ4n) is 3.98. The summed E-state index contributed by atoms with van der Waals surface area (Å²) in [6, 6.07) is 8.98. The fraction of sp³-hybridized carbons (Fsp3) is 0.696. The van der Waals surface area contributed by atoms with E-state index in [9.17, 15) is 4.21 Å². The van der Waals surface area contributed by atoms with Crippen LogP contribution in [0.2, 0.25) is 0 Å². The summed E-state index contributed by atoms with van der Waals surface area (Å²) in [4.78, 5) is 7.32. The molecule has 0 radical (unpaired) electrons. The van der Waals surface area contributed by atoms with Crippen molar-refractivity contribution in [3.05, 3.63) is 35.4 Å². The average Bonchev–Trinajstić information content (AvgIpc) is 2.76. The number of aliphatic imine (C=N–C) groups is 1. The number of rotatable bonds is 10. The third kappa shape index (κ3) is 7.74. The van der Waals surface area contributed by atoms with E-state index >= 15 is 0 Å². The van der Waals surface area contributed by atoms with Gasteiger partial charge in [0.2, 0.25) is 0 Å². The summed E-state index contributed by atoms with van der Waals surface area (Å²) in [6.45, 7) is 13.1. The summed E-state index contributed by atoms with van der Waals surface area (Å²) >= 11 is 0. The molecule has 164 valence electrons. The van der Waals surface area contributed by atoms with Crippen LogP contribution in [0.1, 0.15) is 64.5 Å². The predicted molar refractivity (Wildman–Crippen MR) is 126 cm³/mol. The third-order valence-corrected chi connectivity index (χ3v) is 7.52. The number of hydrogen-bond donors (Lipinski definition) is 2. The highest BCUT2D eigenvalue weighted by Crippen LogP contribution is 2.23. The van der Waals surface area contributed by atoms with Gasteiger partial charge in [0, 0.05) is 40.9 Å². The molecule has 0 saturated heterocycles. The van der Waals surface area contributed by atoms with E-state index in [1.807, 2.05) is 6.92 Å². The Hall–Kier alpha value is -1.40. The van der Waals surface area contributed by atoms with Gasteiger partial charge in [0.05, 0.1) is 6.54 Å². The minimum atomic E-state index is -0.702. The van der Waals surface area contributed by atoms with E-state index in [4.69, 9.17) is 4.99 Å². The molecular formula is C23H40N4OS. The highest BCUT2D eigenvalue weighted by atomic mass is 32.2. The van der Waals surface area contributed by atoms with Gasteiger partial charge in [-0.2, -0.15) is 0 Å². The SMILES string of the molecule is CCNC(=NCc1ccccc1CN(CC)CC)NC1CCCC(S(=O)CC)C1. The molecule has 29 heavy (non-hydrogen) atoms. The summed E-state index contributed by atoms with van der Waals surface area (Å²) < 4.78 is 12.2. The zero-order valence-corrected chi connectivity index (χ0v) is 19.6. The van der Waals surface area contributed by atoms with Gasteiger partial charge in [0.1, 0.15) is 0 Å². The third-order valence-electron chi connectivity index (χ3n) is 5.78. The van der Waals surface area contributed by atoms with Gasteiger partial charge in [-0.15, -0.1) is 0 Å². The molecule has 1 aromatic carbocycles. The molecule has 6 heteroatoms. The average molecular weight is 421 g/mol. The van der Waals surface area contributed by atoms with Crippen LogP contribution in [0.4, 0.5) is 0 Å². The molecule has 3 unspecified atom stereocenters. The maximum atomic E-state index is 12.2. The lowest BCUT2D eigenvalue weighted by Gasteiger charge is -2.30. The molecule has 0 bridgehead atoms. The number of nitrogens with one attached hydrogen (secondary N) is 2. The molecule has 0 aliphatic heterocycles. The molecule has 0 heterocycles. The second-order valence-electron chi connectivity index (χ2n) is 7.72. The molecule has 1 fully saturated rings. The summed E-state index contributed by atoms with van der Waals surface area (Å²) in [5.74, 6) is 1.63. The summed E-state index contributed by atoms with van der Waals surface area (Å²) in [7, 11) is -0.702. The van der Waals surface area contributed by atoms with Gasteiger partial charge >= 0.3 is 0 Å². The Bertz CT molecular complexity index is 660. The topological polar surface area (TPSA) is 56.7 Å². The first kappa shape index (κ1) is 23.9. The number of benzene rings is 1. The van der Waals surface area contributed by atoms with Crippen molar-refractivity contribution in [3.8, 4) is 0 Å². The van der Waals surface area contributed by atoms with Gasteiger partial charge in [0.25, 0.3) is 0 Å². The second kappa shape index (κ2) is 13.0. The molecule has 1 aliphatic rings. The smallest absolute Gasteiger partial charge is 0.191 e. The fourth-order valence-corrected chi connectivity index (χ4v) is 5.33. The largest absolute Gasteiger partial charge is 0.357 e. The van der Waals surface area contributed by atoms with E-state index in [0.29, 0.717) is 17.8 Å². The van der Waals surface area contributed by atoms with E-state index in [1.54, 1.807) is 0 Å². The Morgan fingerprint density at radius 3 is 2.52 bits per heavy atom. The van der Waals surface area contributed by atoms with Crippen LogP contribution in [0.5, 0.6) is 0 Å². The monoisotopic (exact) mass is 420 g/mol. The molecule has 2 N–H and O–H groups in total. The summed E-state index contributed by atoms with van der Waals surface area (Å²) in [5, 5.41) is 7.33. The van der Waals surface area contributed by atoms with Crippen LogP contribution in [-0.4, -0.2) is 51.7 Å². The molecule has 0 spiro atoms. The lowest BCUT2D eigenvalue weighted by Crippen LogP contribution is -2.46. The van der Waals surface area contributed by atoms with E-state index < -0.39 is 10.8 Å². The van der Waals surface area contributed by atoms with Gasteiger partial charge in [-0.3, -0.25) is 9.11 Å². The highest BCUT2D eigenvalue weighted by Gasteiger charge is 2.26. The van der Waals surface area contributed by atoms with Gasteiger partial charge in [-0.25, -0.2) is 4.99 Å². The van der Waals surface area contributed by atoms with Crippen LogP contribution >= 0.6 is 0 Å². The maximum Gasteiger partial charge on any atom is 0.191 e. The molecule has 0 aromatic heterocycles. The zero-order chi connectivity index (χ0) is 21.1. The molecule has 1 aliphatic carbocycles. The van der Waals surface area contributed by atoms with Crippen molar-refractivity contribution in [2.45, 2.75) is 77.8 Å². The lowest BCUT2D eigenvalue weighted by atomic mass is 9.95. The van der Waals surface area contributed by atoms with Crippen LogP contribution in [0.3, 0.4) is 0 Å². The summed E-state index contributed by atoms with van der Waals surface area (Å²) in [5.41, 5.74) is 2.64. The first-order valence-electron chi connectivity index (χ1n) is 11.3. The van der Waals surface area contributed by atoms with Crippen LogP contribution in [-0.2, 0) is 23.9 Å². The zero-order valence-electron chi connectivity index (χ0n) is 18.7. The van der Waals surface area contributed by atoms with Crippen molar-refractivity contribution >= 4 is 16.8 Å². The Labute approximate surface area is 180 Å². The molecule has 0 amide bonds. The lowest BCUT2D eigenvalue weighted by molar-refractivity contribution is 0.295. The van der Waals surface area contributed by atoms with Crippen LogP contribution in [0.25, 0.3) is 0 Å². The van der Waals surface area contributed by atoms with Crippen molar-refractivity contribution in [2.24, 2.45) is 4.99 Å². The predicted octanol–water partition coefficient (Wildman–Crippen LogP) is 3.66. The van der Waals surface area contributed by atoms with Gasteiger partial charge in [-0.1, -0.05) is 51.5 Å². The number of guanidine groups is 1. The van der Waals surface area contributed by atoms with Crippen molar-refractivity contribution in [1.82, 2.24) is 15.5 Å². The van der Waals surface area contributed by atoms with Crippen molar-refractivity contribution in [2.75, 3.05) is 25.4 Å². The van der Waals surface area contributed by atoms with E-state index in [0.717, 1.165) is 63.6 Å². The minimum Gasteiger partial charge on any atom is -0.357 e. The minimum absolute atomic E-state index is 0.323. The standard InChI is InChI=1S/C23H40N4OS/c1-5-24-23(26-21-14-11-15-22(16-21)29(28)8-4)25-17-19-12-9-10-13-20(19)18-27(6-2)7-3/h9-10,12-13,21-22H,5-8,11,14-18H2,1-4H3,(H2,24,25,26). The van der Waals surface area contributed by atoms with Crippen LogP contribution in [0, 0.1) is 0 Å². The molecule has 5 nitrogen and oxygen atoms in total. The first-order valence-corrected chi connectivity index (χ1v) is 12.7. The second-order valence-corrected chi connectivity index (χ2v) is 9.73. The normalized spacial score (nSPS) is 21.2. The Kier molecular flexibility index (Phi) is 10.7. The van der Waals surface area contributed by atoms with Crippen LogP contribution < -0.4 is 10.6 Å². The molecule has 1 aromatic rings. The van der Waals surface area contributed by atoms with E-state index in [2.05, 4.69) is 60.6 Å². The van der Waals surface area contributed by atoms with Crippen molar-refractivity contribution in [1.29, 1.82) is 0 Å². The highest BCUT2D eigenvalue weighted by molar-refractivity contribution is 7.85. The van der Waals surface area contributed by atoms with Crippen molar-refractivity contribution in [3.63, 3.8) is 0 Å². The Balaban J connectivity index is 2.05. The van der Waals surface area contributed by atoms with Gasteiger partial charge in [-0.05, 0) is 50.4 Å². The Morgan fingerprint density at radius 2 is 1.86 bits per heavy atom. The van der Waals surface area contributed by atoms with E-state index in [1.165, 1.54) is 11.1 Å². The van der Waals surface area contributed by atoms with Gasteiger partial charge < -0.3 is 10.6 Å². The summed E-state index contributed by atoms with van der Waals surface area (Å²) in [6.07, 6.45) is 4.33. The van der Waals surface area contributed by atoms with Gasteiger partial charge in [0.15, 0.2) is 5.96 Å². The molecule has 1 saturated carbocycles. The molecule has 2 rings (SSSR count). The number of hydrogen-bond acceptors (Lipinski definition) is 3. The maximum absolute atomic E-state index is 12.2. The Morgan fingerprint density at radius 1 is 1.14 bits per heavy atom. The van der Waals surface area contributed by atoms with Crippen molar-refractivity contribution < 1.29 is 4.21 Å². The molecule has 3 atom stereocenters. The van der Waals surface area contributed by atoms with Crippen LogP contribution in [0.15, 0.2) is 29.3 Å². The number of nitrogens with zero attached hydrogens (tertiary/aromatic N) is 2. The van der Waals surface area contributed by atoms with E-state index in [-0.39, 0.29) is 0 Å².